The number of hydrogen-bond donors (Lipinski definition) is 1. The Kier molecular flexibility index (Phi) is 9.07. The van der Waals surface area contributed by atoms with E-state index >= 15 is 0 Å². The van der Waals surface area contributed by atoms with E-state index in [2.05, 4.69) is 17.1 Å². The number of aliphatic hydroxyl groups is 1. The maximum atomic E-state index is 13.5. The molecule has 1 atom stereocenters. The number of hydrogen-bond acceptors (Lipinski definition) is 8. The number of aromatic nitrogens is 2. The van der Waals surface area contributed by atoms with Crippen LogP contribution in [0.4, 0.5) is 5.13 Å². The zero-order valence-electron chi connectivity index (χ0n) is 22.5. The van der Waals surface area contributed by atoms with Crippen LogP contribution < -0.4 is 9.64 Å². The van der Waals surface area contributed by atoms with Crippen molar-refractivity contribution in [3.05, 3.63) is 106 Å². The molecule has 1 unspecified atom stereocenters. The lowest BCUT2D eigenvalue weighted by Gasteiger charge is -2.22. The number of halogens is 1. The van der Waals surface area contributed by atoms with E-state index in [1.165, 1.54) is 28.0 Å². The van der Waals surface area contributed by atoms with Crippen molar-refractivity contribution in [2.24, 2.45) is 0 Å². The number of rotatable bonds is 10. The van der Waals surface area contributed by atoms with Gasteiger partial charge in [0.05, 0.1) is 18.2 Å². The topological polar surface area (TPSA) is 92.6 Å². The Morgan fingerprint density at radius 2 is 1.66 bits per heavy atom. The quantitative estimate of drug-likeness (QED) is 0.0659. The molecule has 1 aliphatic rings. The van der Waals surface area contributed by atoms with Gasteiger partial charge in [0.25, 0.3) is 5.78 Å². The van der Waals surface area contributed by atoms with Gasteiger partial charge in [-0.25, -0.2) is 0 Å². The van der Waals surface area contributed by atoms with E-state index in [9.17, 15) is 14.7 Å². The van der Waals surface area contributed by atoms with Crippen LogP contribution in [0.25, 0.3) is 5.76 Å². The Balaban J connectivity index is 1.50. The molecule has 210 valence electrons. The van der Waals surface area contributed by atoms with Crippen LogP contribution in [0.1, 0.15) is 48.6 Å². The van der Waals surface area contributed by atoms with Gasteiger partial charge in [-0.3, -0.25) is 14.5 Å². The molecule has 1 aromatic heterocycles. The first-order valence-corrected chi connectivity index (χ1v) is 15.4. The summed E-state index contributed by atoms with van der Waals surface area (Å²) in [7, 11) is 0. The molecule has 41 heavy (non-hydrogen) atoms. The number of aliphatic hydroxyl groups excluding tert-OH is 1. The number of anilines is 1. The molecular weight excluding hydrogens is 578 g/mol. The normalized spacial score (nSPS) is 16.4. The molecule has 0 aliphatic carbocycles. The van der Waals surface area contributed by atoms with Crippen molar-refractivity contribution < 1.29 is 19.4 Å². The fourth-order valence-electron chi connectivity index (χ4n) is 4.45. The van der Waals surface area contributed by atoms with Gasteiger partial charge in [-0.2, -0.15) is 0 Å². The lowest BCUT2D eigenvalue weighted by atomic mass is 9.94. The van der Waals surface area contributed by atoms with Crippen LogP contribution in [0.2, 0.25) is 5.02 Å². The lowest BCUT2D eigenvalue weighted by molar-refractivity contribution is -0.132. The average Bonchev–Trinajstić information content (AvgIpc) is 3.57. The second-order valence-corrected chi connectivity index (χ2v) is 12.0. The van der Waals surface area contributed by atoms with Crippen LogP contribution in [0.5, 0.6) is 5.75 Å². The van der Waals surface area contributed by atoms with Crippen LogP contribution in [0.3, 0.4) is 0 Å². The highest BCUT2D eigenvalue weighted by molar-refractivity contribution is 8.00. The summed E-state index contributed by atoms with van der Waals surface area (Å²) in [6, 6.07) is 21.2. The van der Waals surface area contributed by atoms with Crippen molar-refractivity contribution in [2.75, 3.05) is 11.5 Å². The first-order chi connectivity index (χ1) is 19.9. The third-order valence-corrected chi connectivity index (χ3v) is 9.01. The molecule has 0 radical (unpaired) electrons. The minimum absolute atomic E-state index is 0.00652. The Morgan fingerprint density at radius 1 is 0.976 bits per heavy atom. The average molecular weight is 606 g/mol. The molecule has 1 amide bonds. The van der Waals surface area contributed by atoms with Gasteiger partial charge >= 0.3 is 5.91 Å². The molecule has 10 heteroatoms. The summed E-state index contributed by atoms with van der Waals surface area (Å²) in [5.74, 6) is -0.481. The van der Waals surface area contributed by atoms with Crippen molar-refractivity contribution in [2.45, 2.75) is 42.8 Å². The van der Waals surface area contributed by atoms with Gasteiger partial charge in [-0.15, -0.1) is 10.2 Å². The molecular formula is C31H28ClN3O4S2. The molecule has 5 rings (SSSR count). The molecule has 0 spiro atoms. The Morgan fingerprint density at radius 3 is 2.32 bits per heavy atom. The summed E-state index contributed by atoms with van der Waals surface area (Å²) in [5, 5.41) is 20.9. The predicted octanol–water partition coefficient (Wildman–Crippen LogP) is 7.46. The maximum absolute atomic E-state index is 13.5. The molecule has 1 aliphatic heterocycles. The van der Waals surface area contributed by atoms with Gasteiger partial charge < -0.3 is 9.84 Å². The van der Waals surface area contributed by atoms with Crippen LogP contribution in [-0.4, -0.2) is 33.6 Å². The number of aryl methyl sites for hydroxylation is 1. The first-order valence-electron chi connectivity index (χ1n) is 13.2. The van der Waals surface area contributed by atoms with E-state index in [0.717, 1.165) is 24.0 Å². The number of benzene rings is 3. The zero-order valence-corrected chi connectivity index (χ0v) is 24.9. The highest BCUT2D eigenvalue weighted by atomic mass is 35.5. The molecule has 1 N–H and O–H groups in total. The van der Waals surface area contributed by atoms with Crippen molar-refractivity contribution in [3.63, 3.8) is 0 Å². The van der Waals surface area contributed by atoms with Gasteiger partial charge in [-0.1, -0.05) is 84.9 Å². The molecule has 0 bridgehead atoms. The Hall–Kier alpha value is -3.66. The van der Waals surface area contributed by atoms with Crippen molar-refractivity contribution in [1.29, 1.82) is 0 Å². The smallest absolute Gasteiger partial charge is 0.301 e. The summed E-state index contributed by atoms with van der Waals surface area (Å²) in [4.78, 5) is 28.3. The predicted molar refractivity (Wildman–Crippen MR) is 164 cm³/mol. The van der Waals surface area contributed by atoms with Crippen LogP contribution in [0.15, 0.2) is 82.7 Å². The lowest BCUT2D eigenvalue weighted by Crippen LogP contribution is -2.29. The molecule has 1 fully saturated rings. The summed E-state index contributed by atoms with van der Waals surface area (Å²) in [5.41, 5.74) is 3.30. The molecule has 4 aromatic rings. The van der Waals surface area contributed by atoms with E-state index in [-0.39, 0.29) is 16.5 Å². The van der Waals surface area contributed by atoms with Crippen molar-refractivity contribution in [1.82, 2.24) is 10.2 Å². The number of ether oxygens (including phenoxy) is 1. The second kappa shape index (κ2) is 12.9. The number of Topliss-reactive ketones (excluding diaryl/α,β-unsaturated/α-hetero) is 1. The number of nitrogens with zero attached hydrogens (tertiary/aromatic N) is 3. The summed E-state index contributed by atoms with van der Waals surface area (Å²) in [6.07, 6.45) is 1.71. The highest BCUT2D eigenvalue weighted by Gasteiger charge is 2.48. The largest absolute Gasteiger partial charge is 0.507 e. The van der Waals surface area contributed by atoms with Crippen LogP contribution in [-0.2, 0) is 21.8 Å². The minimum atomic E-state index is -0.862. The van der Waals surface area contributed by atoms with E-state index in [1.54, 1.807) is 24.3 Å². The number of amides is 1. The minimum Gasteiger partial charge on any atom is -0.507 e. The number of ketones is 1. The summed E-state index contributed by atoms with van der Waals surface area (Å²) in [6.45, 7) is 4.65. The van der Waals surface area contributed by atoms with Gasteiger partial charge in [-0.05, 0) is 65.9 Å². The van der Waals surface area contributed by atoms with E-state index in [1.807, 2.05) is 55.5 Å². The van der Waals surface area contributed by atoms with E-state index in [0.29, 0.717) is 38.6 Å². The third-order valence-electron chi connectivity index (χ3n) is 6.63. The summed E-state index contributed by atoms with van der Waals surface area (Å²) < 4.78 is 6.30. The van der Waals surface area contributed by atoms with Crippen LogP contribution >= 0.6 is 34.7 Å². The van der Waals surface area contributed by atoms with E-state index in [4.69, 9.17) is 16.3 Å². The highest BCUT2D eigenvalue weighted by Crippen LogP contribution is 2.44. The molecule has 3 aromatic carbocycles. The Labute approximate surface area is 251 Å². The zero-order chi connectivity index (χ0) is 28.9. The van der Waals surface area contributed by atoms with Crippen molar-refractivity contribution >= 4 is 57.3 Å². The Bertz CT molecular complexity index is 1570. The monoisotopic (exact) mass is 605 g/mol. The maximum Gasteiger partial charge on any atom is 0.301 e. The first kappa shape index (κ1) is 28.9. The second-order valence-electron chi connectivity index (χ2n) is 9.40. The molecule has 1 saturated heterocycles. The number of carbonyl (C=O) groups is 2. The molecule has 7 nitrogen and oxygen atoms in total. The SMILES string of the molecule is CCCOc1ccc(/C(O)=C2/C(=O)C(=O)N(c3nnc(SCc4ccc(Cl)cc4)s3)C2c2ccc(CC)cc2)cc1. The van der Waals surface area contributed by atoms with Crippen molar-refractivity contribution in [3.8, 4) is 5.75 Å². The standard InChI is InChI=1S/C31H28ClN3O4S2/c1-3-17-39-24-15-11-22(12-16-24)27(36)25-26(21-9-5-19(4-2)6-10-21)35(29(38)28(25)37)30-33-34-31(41-30)40-18-20-7-13-23(32)14-8-20/h5-16,26,36H,3-4,17-18H2,1-2H3/b27-25-. The fraction of sp³-hybridized carbons (Fsp3) is 0.226. The molecule has 2 heterocycles. The van der Waals surface area contributed by atoms with Gasteiger partial charge in [0, 0.05) is 16.3 Å². The third kappa shape index (κ3) is 6.32. The van der Waals surface area contributed by atoms with Gasteiger partial charge in [0.15, 0.2) is 4.34 Å². The summed E-state index contributed by atoms with van der Waals surface area (Å²) >= 11 is 8.70. The van der Waals surface area contributed by atoms with E-state index < -0.39 is 17.7 Å². The number of thioether (sulfide) groups is 1. The number of carbonyl (C=O) groups excluding carboxylic acids is 2. The fourth-order valence-corrected chi connectivity index (χ4v) is 6.40. The van der Waals surface area contributed by atoms with Gasteiger partial charge in [0.1, 0.15) is 11.5 Å². The van der Waals surface area contributed by atoms with Crippen LogP contribution in [0, 0.1) is 0 Å². The van der Waals surface area contributed by atoms with Gasteiger partial charge in [0.2, 0.25) is 5.13 Å². The molecule has 0 saturated carbocycles.